The Labute approximate surface area is 136 Å². The lowest BCUT2D eigenvalue weighted by Crippen LogP contribution is -2.21. The van der Waals surface area contributed by atoms with Crippen molar-refractivity contribution in [2.45, 2.75) is 6.92 Å². The van der Waals surface area contributed by atoms with Crippen LogP contribution >= 0.6 is 23.2 Å². The second-order valence-electron chi connectivity index (χ2n) is 5.07. The van der Waals surface area contributed by atoms with E-state index < -0.39 is 5.56 Å². The van der Waals surface area contributed by atoms with Gasteiger partial charge in [-0.2, -0.15) is 5.10 Å². The minimum Gasteiger partial charge on any atom is -0.504 e. The van der Waals surface area contributed by atoms with Crippen molar-refractivity contribution < 1.29 is 5.11 Å². The van der Waals surface area contributed by atoms with E-state index in [1.54, 1.807) is 12.1 Å². The van der Waals surface area contributed by atoms with E-state index in [4.69, 9.17) is 23.2 Å². The largest absolute Gasteiger partial charge is 0.504 e. The first kappa shape index (κ1) is 14.9. The van der Waals surface area contributed by atoms with Gasteiger partial charge in [0.1, 0.15) is 0 Å². The van der Waals surface area contributed by atoms with E-state index in [9.17, 15) is 9.90 Å². The van der Waals surface area contributed by atoms with Crippen LogP contribution in [0, 0.1) is 6.92 Å². The number of nitrogens with zero attached hydrogens (tertiary/aromatic N) is 2. The molecule has 3 aromatic rings. The van der Waals surface area contributed by atoms with Crippen LogP contribution in [-0.4, -0.2) is 14.9 Å². The summed E-state index contributed by atoms with van der Waals surface area (Å²) in [5.41, 5.74) is 1.16. The summed E-state index contributed by atoms with van der Waals surface area (Å²) in [7, 11) is 1.49. The van der Waals surface area contributed by atoms with Crippen LogP contribution in [0.5, 0.6) is 5.75 Å². The van der Waals surface area contributed by atoms with Crippen molar-refractivity contribution in [2.24, 2.45) is 7.05 Å². The van der Waals surface area contributed by atoms with Gasteiger partial charge in [0.25, 0.3) is 5.56 Å². The van der Waals surface area contributed by atoms with E-state index in [-0.39, 0.29) is 16.5 Å². The Morgan fingerprint density at radius 2 is 1.82 bits per heavy atom. The molecule has 112 valence electrons. The Hall–Kier alpha value is -2.04. The fourth-order valence-electron chi connectivity index (χ4n) is 2.55. The zero-order valence-corrected chi connectivity index (χ0v) is 13.4. The highest BCUT2D eigenvalue weighted by molar-refractivity contribution is 6.32. The van der Waals surface area contributed by atoms with Crippen LogP contribution in [-0.2, 0) is 7.05 Å². The van der Waals surface area contributed by atoms with E-state index in [1.165, 1.54) is 7.05 Å². The molecule has 0 amide bonds. The smallest absolute Gasteiger partial charge is 0.278 e. The second kappa shape index (κ2) is 5.30. The van der Waals surface area contributed by atoms with Crippen molar-refractivity contribution in [3.05, 3.63) is 56.4 Å². The highest BCUT2D eigenvalue weighted by atomic mass is 35.5. The summed E-state index contributed by atoms with van der Waals surface area (Å²) in [6.45, 7) is 1.86. The van der Waals surface area contributed by atoms with Gasteiger partial charge in [-0.3, -0.25) is 4.79 Å². The molecule has 1 aromatic heterocycles. The third kappa shape index (κ3) is 2.25. The lowest BCUT2D eigenvalue weighted by atomic mass is 9.94. The minimum absolute atomic E-state index is 0.115. The van der Waals surface area contributed by atoms with Crippen LogP contribution in [0.2, 0.25) is 10.2 Å². The Morgan fingerprint density at radius 1 is 1.14 bits per heavy atom. The molecule has 0 unspecified atom stereocenters. The highest BCUT2D eigenvalue weighted by Crippen LogP contribution is 2.37. The van der Waals surface area contributed by atoms with E-state index in [1.807, 2.05) is 25.1 Å². The number of aryl methyl sites for hydroxylation is 2. The van der Waals surface area contributed by atoms with Crippen LogP contribution in [0.3, 0.4) is 0 Å². The van der Waals surface area contributed by atoms with Crippen LogP contribution in [0.15, 0.2) is 35.1 Å². The maximum atomic E-state index is 12.5. The molecule has 0 aliphatic rings. The monoisotopic (exact) mass is 334 g/mol. The summed E-state index contributed by atoms with van der Waals surface area (Å²) < 4.78 is 1.11. The molecule has 0 atom stereocenters. The fourth-order valence-corrected chi connectivity index (χ4v) is 2.93. The number of rotatable bonds is 1. The van der Waals surface area contributed by atoms with Gasteiger partial charge in [0, 0.05) is 17.6 Å². The normalized spacial score (nSPS) is 11.1. The van der Waals surface area contributed by atoms with Gasteiger partial charge < -0.3 is 5.11 Å². The van der Waals surface area contributed by atoms with Gasteiger partial charge in [-0.25, -0.2) is 4.68 Å². The number of fused-ring (bicyclic) bond motifs is 1. The summed E-state index contributed by atoms with van der Waals surface area (Å²) in [6, 6.07) is 9.24. The van der Waals surface area contributed by atoms with Gasteiger partial charge in [-0.1, -0.05) is 41.4 Å². The van der Waals surface area contributed by atoms with Crippen molar-refractivity contribution in [1.82, 2.24) is 9.78 Å². The molecule has 6 heteroatoms. The number of aromatic nitrogens is 2. The van der Waals surface area contributed by atoms with E-state index in [0.29, 0.717) is 10.6 Å². The van der Waals surface area contributed by atoms with E-state index in [2.05, 4.69) is 5.10 Å². The van der Waals surface area contributed by atoms with Crippen molar-refractivity contribution in [3.63, 3.8) is 0 Å². The number of halogens is 2. The summed E-state index contributed by atoms with van der Waals surface area (Å²) in [4.78, 5) is 12.5. The number of benzene rings is 2. The molecular weight excluding hydrogens is 323 g/mol. The first-order valence-electron chi connectivity index (χ1n) is 6.55. The minimum atomic E-state index is -0.419. The average Bonchev–Trinajstić information content (AvgIpc) is 2.47. The van der Waals surface area contributed by atoms with Gasteiger partial charge in [0.05, 0.1) is 5.56 Å². The van der Waals surface area contributed by atoms with Crippen LogP contribution < -0.4 is 5.56 Å². The molecule has 0 aliphatic carbocycles. The van der Waals surface area contributed by atoms with Crippen LogP contribution in [0.25, 0.3) is 21.9 Å². The molecule has 0 bridgehead atoms. The van der Waals surface area contributed by atoms with Gasteiger partial charge in [-0.15, -0.1) is 0 Å². The first-order valence-corrected chi connectivity index (χ1v) is 7.30. The molecule has 0 saturated carbocycles. The number of hydrogen-bond acceptors (Lipinski definition) is 3. The standard InChI is InChI=1S/C16H12Cl2N2O2/c1-8-3-4-9-5-6-10(17)7-11(9)12(8)13-14(21)15(18)19-20(2)16(13)22/h3-7,21H,1-2H3. The molecule has 22 heavy (non-hydrogen) atoms. The molecule has 0 spiro atoms. The first-order chi connectivity index (χ1) is 10.4. The van der Waals surface area contributed by atoms with Crippen molar-refractivity contribution in [1.29, 1.82) is 0 Å². The van der Waals surface area contributed by atoms with Crippen molar-refractivity contribution in [3.8, 4) is 16.9 Å². The number of aromatic hydroxyl groups is 1. The summed E-state index contributed by atoms with van der Waals surface area (Å²) in [5.74, 6) is -0.319. The molecule has 0 fully saturated rings. The maximum Gasteiger partial charge on any atom is 0.278 e. The summed E-state index contributed by atoms with van der Waals surface area (Å²) in [6.07, 6.45) is 0. The number of hydrogen-bond donors (Lipinski definition) is 1. The third-order valence-corrected chi connectivity index (χ3v) is 4.11. The predicted molar refractivity (Wildman–Crippen MR) is 88.8 cm³/mol. The third-order valence-electron chi connectivity index (χ3n) is 3.62. The van der Waals surface area contributed by atoms with Gasteiger partial charge >= 0.3 is 0 Å². The zero-order chi connectivity index (χ0) is 16.0. The maximum absolute atomic E-state index is 12.5. The van der Waals surface area contributed by atoms with Crippen molar-refractivity contribution in [2.75, 3.05) is 0 Å². The Kier molecular flexibility index (Phi) is 3.59. The molecule has 3 rings (SSSR count). The molecule has 2 aromatic carbocycles. The van der Waals surface area contributed by atoms with Crippen molar-refractivity contribution >= 4 is 34.0 Å². The van der Waals surface area contributed by atoms with Gasteiger partial charge in [0.2, 0.25) is 0 Å². The van der Waals surface area contributed by atoms with Crippen LogP contribution in [0.1, 0.15) is 5.56 Å². The SMILES string of the molecule is Cc1ccc2ccc(Cl)cc2c1-c1c(O)c(Cl)nn(C)c1=O. The molecule has 0 saturated heterocycles. The van der Waals surface area contributed by atoms with E-state index in [0.717, 1.165) is 21.0 Å². The summed E-state index contributed by atoms with van der Waals surface area (Å²) >= 11 is 12.0. The van der Waals surface area contributed by atoms with Crippen LogP contribution in [0.4, 0.5) is 0 Å². The Balaban J connectivity index is 2.54. The second-order valence-corrected chi connectivity index (χ2v) is 5.86. The zero-order valence-electron chi connectivity index (χ0n) is 11.9. The highest BCUT2D eigenvalue weighted by Gasteiger charge is 2.20. The predicted octanol–water partition coefficient (Wildman–Crippen LogP) is 3.92. The Morgan fingerprint density at radius 3 is 2.55 bits per heavy atom. The lowest BCUT2D eigenvalue weighted by Gasteiger charge is -2.13. The molecule has 0 radical (unpaired) electrons. The Bertz CT molecular complexity index is 959. The average molecular weight is 335 g/mol. The fraction of sp³-hybridized carbons (Fsp3) is 0.125. The molecule has 1 heterocycles. The topological polar surface area (TPSA) is 55.1 Å². The summed E-state index contributed by atoms with van der Waals surface area (Å²) in [5, 5.41) is 16.2. The van der Waals surface area contributed by atoms with E-state index >= 15 is 0 Å². The quantitative estimate of drug-likeness (QED) is 0.733. The molecular formula is C16H12Cl2N2O2. The van der Waals surface area contributed by atoms with Gasteiger partial charge in [0.15, 0.2) is 10.9 Å². The lowest BCUT2D eigenvalue weighted by molar-refractivity contribution is 0.467. The molecule has 0 aliphatic heterocycles. The molecule has 1 N–H and O–H groups in total. The van der Waals surface area contributed by atoms with Gasteiger partial charge in [-0.05, 0) is 35.4 Å². The molecule has 4 nitrogen and oxygen atoms in total.